The minimum absolute atomic E-state index is 0.542. The summed E-state index contributed by atoms with van der Waals surface area (Å²) >= 11 is 0. The molecule has 0 aromatic rings. The molecule has 3 heteroatoms. The maximum Gasteiger partial charge on any atom is 0.316 e. The van der Waals surface area contributed by atoms with Crippen molar-refractivity contribution in [2.24, 2.45) is 5.92 Å². The third-order valence-electron chi connectivity index (χ3n) is 0.732. The van der Waals surface area contributed by atoms with Gasteiger partial charge < -0.3 is 4.74 Å². The van der Waals surface area contributed by atoms with Crippen LogP contribution < -0.4 is 0 Å². The molecule has 0 aliphatic rings. The van der Waals surface area contributed by atoms with E-state index in [1.165, 1.54) is 20.3 Å². The van der Waals surface area contributed by atoms with Crippen LogP contribution in [0.4, 0.5) is 0 Å². The summed E-state index contributed by atoms with van der Waals surface area (Å²) in [6.07, 6.45) is 1.49. The SMILES string of the molecule is COC(=O)C(C)[C]=O. The van der Waals surface area contributed by atoms with Crippen molar-refractivity contribution in [3.05, 3.63) is 0 Å². The van der Waals surface area contributed by atoms with Gasteiger partial charge in [-0.15, -0.1) is 0 Å². The summed E-state index contributed by atoms with van der Waals surface area (Å²) in [4.78, 5) is 19.9. The summed E-state index contributed by atoms with van der Waals surface area (Å²) in [5, 5.41) is 0. The van der Waals surface area contributed by atoms with Gasteiger partial charge in [-0.3, -0.25) is 9.59 Å². The Morgan fingerprint density at radius 3 is 2.38 bits per heavy atom. The third-order valence-corrected chi connectivity index (χ3v) is 0.732. The van der Waals surface area contributed by atoms with Gasteiger partial charge in [0.1, 0.15) is 5.92 Å². The van der Waals surface area contributed by atoms with Gasteiger partial charge in [0, 0.05) is 0 Å². The van der Waals surface area contributed by atoms with Crippen LogP contribution in [0.15, 0.2) is 0 Å². The predicted octanol–water partition coefficient (Wildman–Crippen LogP) is -0.0948. The van der Waals surface area contributed by atoms with E-state index in [1.807, 2.05) is 0 Å². The first kappa shape index (κ1) is 7.14. The average Bonchev–Trinajstić information content (AvgIpc) is 1.84. The van der Waals surface area contributed by atoms with E-state index in [-0.39, 0.29) is 0 Å². The van der Waals surface area contributed by atoms with Crippen LogP contribution in [0.25, 0.3) is 0 Å². The molecule has 0 N–H and O–H groups in total. The summed E-state index contributed by atoms with van der Waals surface area (Å²) < 4.78 is 4.20. The number of ether oxygens (including phenoxy) is 1. The van der Waals surface area contributed by atoms with Gasteiger partial charge in [0.05, 0.1) is 7.11 Å². The van der Waals surface area contributed by atoms with E-state index < -0.39 is 11.9 Å². The van der Waals surface area contributed by atoms with Crippen molar-refractivity contribution in [2.45, 2.75) is 6.92 Å². The van der Waals surface area contributed by atoms with Crippen molar-refractivity contribution < 1.29 is 14.3 Å². The molecule has 1 unspecified atom stereocenters. The lowest BCUT2D eigenvalue weighted by Crippen LogP contribution is -2.12. The highest BCUT2D eigenvalue weighted by Gasteiger charge is 2.10. The lowest BCUT2D eigenvalue weighted by Gasteiger charge is -1.96. The molecule has 0 amide bonds. The fraction of sp³-hybridized carbons (Fsp3) is 0.600. The van der Waals surface area contributed by atoms with Gasteiger partial charge in [-0.05, 0) is 6.92 Å². The Bertz CT molecular complexity index is 97.8. The molecule has 1 atom stereocenters. The number of rotatable bonds is 2. The highest BCUT2D eigenvalue weighted by atomic mass is 16.5. The van der Waals surface area contributed by atoms with Gasteiger partial charge in [-0.1, -0.05) is 0 Å². The molecule has 0 aromatic carbocycles. The van der Waals surface area contributed by atoms with Crippen molar-refractivity contribution in [3.63, 3.8) is 0 Å². The molecule has 0 spiro atoms. The van der Waals surface area contributed by atoms with Crippen LogP contribution >= 0.6 is 0 Å². The molecule has 0 fully saturated rings. The van der Waals surface area contributed by atoms with Gasteiger partial charge in [0.25, 0.3) is 0 Å². The molecular formula is C5H7O3. The van der Waals surface area contributed by atoms with E-state index in [1.54, 1.807) is 0 Å². The van der Waals surface area contributed by atoms with Gasteiger partial charge in [0.2, 0.25) is 6.29 Å². The summed E-state index contributed by atoms with van der Waals surface area (Å²) in [6, 6.07) is 0. The number of hydrogen-bond donors (Lipinski definition) is 0. The van der Waals surface area contributed by atoms with E-state index in [0.29, 0.717) is 0 Å². The quantitative estimate of drug-likeness (QED) is 0.373. The van der Waals surface area contributed by atoms with E-state index >= 15 is 0 Å². The minimum Gasteiger partial charge on any atom is -0.468 e. The van der Waals surface area contributed by atoms with E-state index in [2.05, 4.69) is 4.74 Å². The lowest BCUT2D eigenvalue weighted by molar-refractivity contribution is -0.142. The summed E-state index contributed by atoms with van der Waals surface area (Å²) in [6.45, 7) is 1.43. The van der Waals surface area contributed by atoms with Gasteiger partial charge in [-0.25, -0.2) is 0 Å². The number of hydrogen-bond acceptors (Lipinski definition) is 3. The second-order valence-corrected chi connectivity index (χ2v) is 1.36. The first-order valence-electron chi connectivity index (χ1n) is 2.18. The summed E-state index contributed by atoms with van der Waals surface area (Å²) in [5.74, 6) is -1.29. The Morgan fingerprint density at radius 1 is 1.75 bits per heavy atom. The van der Waals surface area contributed by atoms with Crippen molar-refractivity contribution >= 4 is 12.3 Å². The second kappa shape index (κ2) is 3.18. The highest BCUT2D eigenvalue weighted by Crippen LogP contribution is 1.90. The number of esters is 1. The van der Waals surface area contributed by atoms with Crippen molar-refractivity contribution in [3.8, 4) is 0 Å². The monoisotopic (exact) mass is 115 g/mol. The van der Waals surface area contributed by atoms with E-state index in [9.17, 15) is 9.59 Å². The molecule has 3 nitrogen and oxygen atoms in total. The first-order valence-corrected chi connectivity index (χ1v) is 2.18. The van der Waals surface area contributed by atoms with E-state index in [4.69, 9.17) is 0 Å². The molecule has 0 aliphatic heterocycles. The van der Waals surface area contributed by atoms with Crippen molar-refractivity contribution in [1.29, 1.82) is 0 Å². The Kier molecular flexibility index (Phi) is 2.84. The van der Waals surface area contributed by atoms with Gasteiger partial charge >= 0.3 is 5.97 Å². The van der Waals surface area contributed by atoms with Crippen LogP contribution in [0.5, 0.6) is 0 Å². The number of carbonyl (C=O) groups is 1. The maximum absolute atomic E-state index is 10.3. The van der Waals surface area contributed by atoms with Crippen LogP contribution in [-0.4, -0.2) is 19.4 Å². The molecular weight excluding hydrogens is 108 g/mol. The zero-order valence-electron chi connectivity index (χ0n) is 4.80. The standard InChI is InChI=1S/C5H7O3/c1-4(3-6)5(7)8-2/h4H,1-2H3. The molecule has 0 rings (SSSR count). The fourth-order valence-corrected chi connectivity index (χ4v) is 0.225. The largest absolute Gasteiger partial charge is 0.468 e. The molecule has 0 aromatic heterocycles. The summed E-state index contributed by atoms with van der Waals surface area (Å²) in [5.41, 5.74) is 0. The van der Waals surface area contributed by atoms with Crippen LogP contribution in [-0.2, 0) is 14.3 Å². The van der Waals surface area contributed by atoms with Crippen molar-refractivity contribution in [1.82, 2.24) is 0 Å². The Morgan fingerprint density at radius 2 is 2.25 bits per heavy atom. The van der Waals surface area contributed by atoms with Crippen LogP contribution in [0.3, 0.4) is 0 Å². The Hall–Kier alpha value is -0.860. The number of carbonyl (C=O) groups excluding carboxylic acids is 2. The molecule has 0 heterocycles. The smallest absolute Gasteiger partial charge is 0.316 e. The van der Waals surface area contributed by atoms with Crippen LogP contribution in [0.1, 0.15) is 6.92 Å². The number of methoxy groups -OCH3 is 1. The molecule has 8 heavy (non-hydrogen) atoms. The maximum atomic E-state index is 10.3. The third kappa shape index (κ3) is 1.73. The molecule has 45 valence electrons. The lowest BCUT2D eigenvalue weighted by atomic mass is 10.2. The molecule has 0 saturated heterocycles. The van der Waals surface area contributed by atoms with E-state index in [0.717, 1.165) is 0 Å². The second-order valence-electron chi connectivity index (χ2n) is 1.36. The minimum atomic E-state index is -0.750. The highest BCUT2D eigenvalue weighted by molar-refractivity contribution is 5.87. The molecule has 0 bridgehead atoms. The Balaban J connectivity index is 3.62. The first-order chi connectivity index (χ1) is 3.72. The van der Waals surface area contributed by atoms with Gasteiger partial charge in [0.15, 0.2) is 0 Å². The van der Waals surface area contributed by atoms with Gasteiger partial charge in [-0.2, -0.15) is 0 Å². The molecule has 0 aliphatic carbocycles. The van der Waals surface area contributed by atoms with Crippen LogP contribution in [0.2, 0.25) is 0 Å². The fourth-order valence-electron chi connectivity index (χ4n) is 0.225. The topological polar surface area (TPSA) is 43.4 Å². The zero-order chi connectivity index (χ0) is 6.57. The molecule has 0 saturated carbocycles. The summed E-state index contributed by atoms with van der Waals surface area (Å²) in [7, 11) is 1.23. The normalized spacial score (nSPS) is 12.2. The predicted molar refractivity (Wildman–Crippen MR) is 26.9 cm³/mol. The Labute approximate surface area is 47.6 Å². The van der Waals surface area contributed by atoms with Crippen LogP contribution in [0, 0.1) is 5.92 Å². The van der Waals surface area contributed by atoms with Crippen molar-refractivity contribution in [2.75, 3.05) is 7.11 Å². The zero-order valence-corrected chi connectivity index (χ0v) is 4.80. The molecule has 1 radical (unpaired) electrons. The average molecular weight is 115 g/mol.